The lowest BCUT2D eigenvalue weighted by atomic mass is 9.90. The van der Waals surface area contributed by atoms with Gasteiger partial charge in [-0.1, -0.05) is 45.0 Å². The molecule has 32 heavy (non-hydrogen) atoms. The summed E-state index contributed by atoms with van der Waals surface area (Å²) >= 11 is 0. The van der Waals surface area contributed by atoms with Crippen LogP contribution in [0.2, 0.25) is 0 Å². The third-order valence-electron chi connectivity index (χ3n) is 5.67. The fourth-order valence-electron chi connectivity index (χ4n) is 3.73. The Morgan fingerprint density at radius 3 is 2.22 bits per heavy atom. The van der Waals surface area contributed by atoms with Gasteiger partial charge in [0, 0.05) is 37.2 Å². The summed E-state index contributed by atoms with van der Waals surface area (Å²) in [5, 5.41) is 2.85. The van der Waals surface area contributed by atoms with E-state index in [2.05, 4.69) is 5.32 Å². The largest absolute Gasteiger partial charge is 0.342 e. The summed E-state index contributed by atoms with van der Waals surface area (Å²) in [5.74, 6) is -0.276. The van der Waals surface area contributed by atoms with E-state index in [-0.39, 0.29) is 22.6 Å². The Bertz CT molecular complexity index is 1070. The molecule has 0 radical (unpaired) electrons. The first-order valence-electron chi connectivity index (χ1n) is 10.7. The summed E-state index contributed by atoms with van der Waals surface area (Å²) in [6.07, 6.45) is 1.17. The summed E-state index contributed by atoms with van der Waals surface area (Å²) < 4.78 is 27.3. The van der Waals surface area contributed by atoms with E-state index in [0.717, 1.165) is 0 Å². The number of anilines is 2. The molecule has 2 aromatic carbocycles. The average Bonchev–Trinajstić information content (AvgIpc) is 2.78. The highest BCUT2D eigenvalue weighted by molar-refractivity contribution is 7.92. The van der Waals surface area contributed by atoms with E-state index in [9.17, 15) is 18.0 Å². The topological polar surface area (TPSA) is 86.8 Å². The Hall–Kier alpha value is -2.87. The zero-order valence-corrected chi connectivity index (χ0v) is 19.9. The van der Waals surface area contributed by atoms with Gasteiger partial charge in [-0.15, -0.1) is 0 Å². The van der Waals surface area contributed by atoms with Crippen LogP contribution in [0, 0.1) is 11.3 Å². The Balaban J connectivity index is 1.66. The van der Waals surface area contributed by atoms with Crippen LogP contribution < -0.4 is 9.62 Å². The van der Waals surface area contributed by atoms with Crippen molar-refractivity contribution in [2.75, 3.05) is 29.8 Å². The fraction of sp³-hybridized carbons (Fsp3) is 0.417. The van der Waals surface area contributed by atoms with E-state index in [1.165, 1.54) is 23.5 Å². The third-order valence-corrected chi connectivity index (χ3v) is 7.46. The van der Waals surface area contributed by atoms with E-state index in [4.69, 9.17) is 0 Å². The minimum absolute atomic E-state index is 0.0943. The summed E-state index contributed by atoms with van der Waals surface area (Å²) in [7, 11) is -2.27. The van der Waals surface area contributed by atoms with Crippen molar-refractivity contribution in [3.63, 3.8) is 0 Å². The number of carbonyl (C=O) groups excluding carboxylic acids is 2. The quantitative estimate of drug-likeness (QED) is 0.741. The SMILES string of the molecule is CN(c1ccccc1)S(=O)(=O)c1cccc(NC(=O)C2CCN(C(=O)C(C)(C)C)CC2)c1. The highest BCUT2D eigenvalue weighted by Gasteiger charge is 2.32. The van der Waals surface area contributed by atoms with Crippen LogP contribution in [0.25, 0.3) is 0 Å². The zero-order valence-electron chi connectivity index (χ0n) is 19.0. The average molecular weight is 458 g/mol. The lowest BCUT2D eigenvalue weighted by Gasteiger charge is -2.35. The fourth-order valence-corrected chi connectivity index (χ4v) is 4.97. The van der Waals surface area contributed by atoms with Gasteiger partial charge in [0.2, 0.25) is 11.8 Å². The van der Waals surface area contributed by atoms with Crippen LogP contribution in [-0.2, 0) is 19.6 Å². The maximum Gasteiger partial charge on any atom is 0.264 e. The molecule has 2 aromatic rings. The number of likely N-dealkylation sites (tertiary alicyclic amines) is 1. The summed E-state index contributed by atoms with van der Waals surface area (Å²) in [6, 6.07) is 15.1. The Morgan fingerprint density at radius 1 is 1.00 bits per heavy atom. The number of amides is 2. The summed E-state index contributed by atoms with van der Waals surface area (Å²) in [4.78, 5) is 27.1. The number of nitrogens with one attached hydrogen (secondary N) is 1. The van der Waals surface area contributed by atoms with Gasteiger partial charge in [-0.05, 0) is 43.2 Å². The molecule has 1 aliphatic heterocycles. The lowest BCUT2D eigenvalue weighted by Crippen LogP contribution is -2.45. The van der Waals surface area contributed by atoms with Crippen LogP contribution in [0.4, 0.5) is 11.4 Å². The Morgan fingerprint density at radius 2 is 1.62 bits per heavy atom. The first-order chi connectivity index (χ1) is 15.0. The van der Waals surface area contributed by atoms with Crippen LogP contribution in [-0.4, -0.2) is 45.3 Å². The van der Waals surface area contributed by atoms with E-state index < -0.39 is 15.4 Å². The first-order valence-corrected chi connectivity index (χ1v) is 12.2. The van der Waals surface area contributed by atoms with Crippen LogP contribution in [0.3, 0.4) is 0 Å². The van der Waals surface area contributed by atoms with Crippen molar-refractivity contribution < 1.29 is 18.0 Å². The molecule has 1 fully saturated rings. The Labute approximate surface area is 190 Å². The maximum atomic E-state index is 13.0. The molecular formula is C24H31N3O4S. The van der Waals surface area contributed by atoms with Crippen LogP contribution >= 0.6 is 0 Å². The number of piperidine rings is 1. The van der Waals surface area contributed by atoms with E-state index in [0.29, 0.717) is 37.3 Å². The number of hydrogen-bond donors (Lipinski definition) is 1. The molecule has 0 spiro atoms. The van der Waals surface area contributed by atoms with Crippen molar-refractivity contribution in [3.8, 4) is 0 Å². The number of nitrogens with zero attached hydrogens (tertiary/aromatic N) is 2. The monoisotopic (exact) mass is 457 g/mol. The van der Waals surface area contributed by atoms with Gasteiger partial charge in [0.1, 0.15) is 0 Å². The van der Waals surface area contributed by atoms with Gasteiger partial charge in [-0.3, -0.25) is 13.9 Å². The standard InChI is InChI=1S/C24H31N3O4S/c1-24(2,3)23(29)27-15-13-18(14-16-27)22(28)25-19-9-8-12-21(17-19)32(30,31)26(4)20-10-6-5-7-11-20/h5-12,17-18H,13-16H2,1-4H3,(H,25,28). The normalized spacial score (nSPS) is 15.3. The highest BCUT2D eigenvalue weighted by atomic mass is 32.2. The maximum absolute atomic E-state index is 13.0. The van der Waals surface area contributed by atoms with Gasteiger partial charge < -0.3 is 10.2 Å². The predicted octanol–water partition coefficient (Wildman–Crippen LogP) is 3.73. The predicted molar refractivity (Wildman–Crippen MR) is 126 cm³/mol. The number of benzene rings is 2. The molecule has 1 N–H and O–H groups in total. The van der Waals surface area contributed by atoms with Crippen LogP contribution in [0.15, 0.2) is 59.5 Å². The molecule has 172 valence electrons. The van der Waals surface area contributed by atoms with E-state index in [1.54, 1.807) is 36.4 Å². The minimum Gasteiger partial charge on any atom is -0.342 e. The number of rotatable bonds is 5. The van der Waals surface area contributed by atoms with Crippen molar-refractivity contribution in [1.82, 2.24) is 4.90 Å². The van der Waals surface area contributed by atoms with Crippen molar-refractivity contribution in [1.29, 1.82) is 0 Å². The second-order valence-electron chi connectivity index (χ2n) is 9.14. The number of para-hydroxylation sites is 1. The Kier molecular flexibility index (Phi) is 6.93. The molecule has 3 rings (SSSR count). The molecule has 1 aliphatic rings. The van der Waals surface area contributed by atoms with Crippen LogP contribution in [0.1, 0.15) is 33.6 Å². The number of carbonyl (C=O) groups is 2. The summed E-state index contributed by atoms with van der Waals surface area (Å²) in [6.45, 7) is 6.77. The molecular weight excluding hydrogens is 426 g/mol. The molecule has 0 saturated carbocycles. The molecule has 0 aromatic heterocycles. The zero-order chi connectivity index (χ0) is 23.5. The first kappa shape index (κ1) is 23.8. The number of hydrogen-bond acceptors (Lipinski definition) is 4. The van der Waals surface area contributed by atoms with Gasteiger partial charge in [0.05, 0.1) is 10.6 Å². The van der Waals surface area contributed by atoms with Gasteiger partial charge in [-0.2, -0.15) is 0 Å². The number of sulfonamides is 1. The molecule has 0 bridgehead atoms. The van der Waals surface area contributed by atoms with Gasteiger partial charge in [0.25, 0.3) is 10.0 Å². The smallest absolute Gasteiger partial charge is 0.264 e. The molecule has 1 saturated heterocycles. The van der Waals surface area contributed by atoms with Gasteiger partial charge in [-0.25, -0.2) is 8.42 Å². The minimum atomic E-state index is -3.77. The molecule has 0 unspecified atom stereocenters. The van der Waals surface area contributed by atoms with Crippen LogP contribution in [0.5, 0.6) is 0 Å². The van der Waals surface area contributed by atoms with Crippen molar-refractivity contribution >= 4 is 33.2 Å². The van der Waals surface area contributed by atoms with Gasteiger partial charge >= 0.3 is 0 Å². The lowest BCUT2D eigenvalue weighted by molar-refractivity contribution is -0.142. The molecule has 2 amide bonds. The highest BCUT2D eigenvalue weighted by Crippen LogP contribution is 2.26. The summed E-state index contributed by atoms with van der Waals surface area (Å²) in [5.41, 5.74) is 0.553. The molecule has 8 heteroatoms. The molecule has 0 atom stereocenters. The van der Waals surface area contributed by atoms with Gasteiger partial charge in [0.15, 0.2) is 0 Å². The third kappa shape index (κ3) is 5.30. The van der Waals surface area contributed by atoms with Crippen molar-refractivity contribution in [3.05, 3.63) is 54.6 Å². The second-order valence-corrected chi connectivity index (χ2v) is 11.1. The molecule has 7 nitrogen and oxygen atoms in total. The van der Waals surface area contributed by atoms with E-state index >= 15 is 0 Å². The molecule has 0 aliphatic carbocycles. The van der Waals surface area contributed by atoms with E-state index in [1.807, 2.05) is 31.7 Å². The second kappa shape index (κ2) is 9.32. The molecule has 1 heterocycles. The van der Waals surface area contributed by atoms with Crippen molar-refractivity contribution in [2.45, 2.75) is 38.5 Å². The van der Waals surface area contributed by atoms with Crippen molar-refractivity contribution in [2.24, 2.45) is 11.3 Å².